The van der Waals surface area contributed by atoms with Gasteiger partial charge in [-0.3, -0.25) is 13.9 Å². The lowest BCUT2D eigenvalue weighted by Crippen LogP contribution is -2.21. The zero-order valence-corrected chi connectivity index (χ0v) is 24.7. The molecule has 1 aromatic carbocycles. The first-order chi connectivity index (χ1) is 20.1. The van der Waals surface area contributed by atoms with Crippen molar-refractivity contribution in [3.05, 3.63) is 82.0 Å². The summed E-state index contributed by atoms with van der Waals surface area (Å²) in [5.41, 5.74) is 10.6. The normalized spacial score (nSPS) is 12.6. The van der Waals surface area contributed by atoms with E-state index in [9.17, 15) is 13.2 Å². The van der Waals surface area contributed by atoms with E-state index in [2.05, 4.69) is 19.7 Å². The maximum Gasteiger partial charge on any atom is 0.264 e. The van der Waals surface area contributed by atoms with Gasteiger partial charge in [0, 0.05) is 22.8 Å². The van der Waals surface area contributed by atoms with Gasteiger partial charge in [-0.2, -0.15) is 5.10 Å². The molecule has 0 amide bonds. The van der Waals surface area contributed by atoms with Gasteiger partial charge in [0.05, 0.1) is 30.4 Å². The molecule has 0 fully saturated rings. The van der Waals surface area contributed by atoms with Gasteiger partial charge in [-0.05, 0) is 37.1 Å². The zero-order valence-electron chi connectivity index (χ0n) is 23.1. The number of nitrogens with one attached hydrogen (secondary N) is 1. The third-order valence-electron chi connectivity index (χ3n) is 6.92. The van der Waals surface area contributed by atoms with Gasteiger partial charge in [0.2, 0.25) is 15.9 Å². The van der Waals surface area contributed by atoms with Crippen molar-refractivity contribution in [1.29, 1.82) is 0 Å². The van der Waals surface area contributed by atoms with Crippen LogP contribution in [-0.4, -0.2) is 50.9 Å². The third kappa shape index (κ3) is 4.63. The fourth-order valence-electron chi connectivity index (χ4n) is 5.07. The summed E-state index contributed by atoms with van der Waals surface area (Å²) < 4.78 is 35.2. The van der Waals surface area contributed by atoms with Crippen LogP contribution in [-0.2, 0) is 10.0 Å². The summed E-state index contributed by atoms with van der Waals surface area (Å²) >= 11 is 1.49. The van der Waals surface area contributed by atoms with E-state index in [0.717, 1.165) is 27.9 Å². The quantitative estimate of drug-likeness (QED) is 0.274. The van der Waals surface area contributed by atoms with Gasteiger partial charge in [0.25, 0.3) is 5.56 Å². The van der Waals surface area contributed by atoms with E-state index in [1.54, 1.807) is 15.1 Å². The number of anilines is 2. The summed E-state index contributed by atoms with van der Waals surface area (Å²) in [6, 6.07) is 12.6. The first kappa shape index (κ1) is 27.4. The van der Waals surface area contributed by atoms with E-state index in [1.165, 1.54) is 31.0 Å². The molecule has 0 saturated carbocycles. The van der Waals surface area contributed by atoms with E-state index in [1.807, 2.05) is 55.6 Å². The summed E-state index contributed by atoms with van der Waals surface area (Å²) in [4.78, 5) is 27.7. The molecule has 0 spiro atoms. The second-order valence-electron chi connectivity index (χ2n) is 9.78. The van der Waals surface area contributed by atoms with Crippen molar-refractivity contribution in [3.8, 4) is 28.3 Å². The van der Waals surface area contributed by atoms with E-state index in [-0.39, 0.29) is 22.9 Å². The maximum absolute atomic E-state index is 13.9. The molecular formula is C28H26N8O4S2. The number of pyridine rings is 2. The van der Waals surface area contributed by atoms with Crippen LogP contribution in [0, 0.1) is 6.92 Å². The minimum absolute atomic E-state index is 0.0954. The number of benzene rings is 1. The molecule has 6 rings (SSSR count). The highest BCUT2D eigenvalue weighted by Gasteiger charge is 2.26. The number of hydrogen-bond acceptors (Lipinski definition) is 10. The molecule has 5 aromatic heterocycles. The molecule has 42 heavy (non-hydrogen) atoms. The van der Waals surface area contributed by atoms with Crippen LogP contribution < -0.4 is 20.8 Å². The smallest absolute Gasteiger partial charge is 0.264 e. The Bertz CT molecular complexity index is 2150. The summed E-state index contributed by atoms with van der Waals surface area (Å²) in [7, 11) is -2.24. The van der Waals surface area contributed by atoms with Gasteiger partial charge in [0.15, 0.2) is 5.65 Å². The highest BCUT2D eigenvalue weighted by molar-refractivity contribution is 7.92. The molecule has 0 saturated heterocycles. The molecule has 0 unspecified atom stereocenters. The lowest BCUT2D eigenvalue weighted by molar-refractivity contribution is 0.400. The Morgan fingerprint density at radius 3 is 2.57 bits per heavy atom. The molecule has 14 heteroatoms. The molecule has 214 valence electrons. The third-order valence-corrected chi connectivity index (χ3v) is 8.51. The van der Waals surface area contributed by atoms with Gasteiger partial charge in [0.1, 0.15) is 28.4 Å². The van der Waals surface area contributed by atoms with Crippen molar-refractivity contribution in [3.63, 3.8) is 0 Å². The topological polar surface area (TPSA) is 159 Å². The predicted molar refractivity (Wildman–Crippen MR) is 164 cm³/mol. The fraction of sp³-hybridized carbons (Fsp3) is 0.179. The molecule has 0 aliphatic heterocycles. The van der Waals surface area contributed by atoms with Crippen molar-refractivity contribution in [2.45, 2.75) is 19.9 Å². The first-order valence-corrected chi connectivity index (χ1v) is 15.5. The molecule has 0 radical (unpaired) electrons. The van der Waals surface area contributed by atoms with Gasteiger partial charge in [-0.15, -0.1) is 11.3 Å². The van der Waals surface area contributed by atoms with E-state index in [4.69, 9.17) is 15.6 Å². The molecule has 6 aromatic rings. The number of nitrogens with two attached hydrogens (primary N) is 1. The Morgan fingerprint density at radius 1 is 1.10 bits per heavy atom. The molecule has 1 atom stereocenters. The fourth-order valence-corrected chi connectivity index (χ4v) is 6.53. The molecule has 0 aliphatic carbocycles. The molecule has 0 bridgehead atoms. The minimum Gasteiger partial charge on any atom is -0.480 e. The van der Waals surface area contributed by atoms with Crippen molar-refractivity contribution in [1.82, 2.24) is 29.1 Å². The van der Waals surface area contributed by atoms with Crippen molar-refractivity contribution >= 4 is 48.7 Å². The van der Waals surface area contributed by atoms with E-state index in [0.29, 0.717) is 27.9 Å². The summed E-state index contributed by atoms with van der Waals surface area (Å²) in [6.07, 6.45) is 3.90. The van der Waals surface area contributed by atoms with Gasteiger partial charge in [-0.25, -0.2) is 28.1 Å². The number of hydrogen-bond donors (Lipinski definition) is 2. The van der Waals surface area contributed by atoms with Crippen LogP contribution >= 0.6 is 11.3 Å². The average Bonchev–Trinajstić information content (AvgIpc) is 3.54. The van der Waals surface area contributed by atoms with Crippen LogP contribution in [0.1, 0.15) is 24.2 Å². The van der Waals surface area contributed by atoms with Crippen LogP contribution in [0.25, 0.3) is 38.2 Å². The highest BCUT2D eigenvalue weighted by atomic mass is 32.2. The van der Waals surface area contributed by atoms with Crippen LogP contribution in [0.15, 0.2) is 65.2 Å². The molecule has 0 aliphatic rings. The molecular weight excluding hydrogens is 576 g/mol. The second-order valence-corrected chi connectivity index (χ2v) is 12.4. The number of rotatable bonds is 7. The number of fused-ring (bicyclic) bond motifs is 2. The number of methoxy groups -OCH3 is 1. The largest absolute Gasteiger partial charge is 0.480 e. The lowest BCUT2D eigenvalue weighted by atomic mass is 9.97. The summed E-state index contributed by atoms with van der Waals surface area (Å²) in [5, 5.41) is 7.33. The van der Waals surface area contributed by atoms with Crippen LogP contribution in [0.3, 0.4) is 0 Å². The first-order valence-electron chi connectivity index (χ1n) is 12.8. The van der Waals surface area contributed by atoms with Crippen molar-refractivity contribution in [2.75, 3.05) is 23.8 Å². The Balaban J connectivity index is 1.60. The standard InChI is InChI=1S/C28H26N8O4S2/c1-15-13-41-21-11-19(22(28(37)35(15)21)17-8-6-5-7-9-17)16(2)36-26-23(25(29)31-14-32-26)24(33-36)18-10-20(34-42(4,38)39)27(40-3)30-12-18/h5-14,16,34H,1-4H3,(H2,29,31,32)/t16-/m0/s1. The number of ether oxygens (including phenoxy) is 1. The van der Waals surface area contributed by atoms with E-state index < -0.39 is 16.1 Å². The van der Waals surface area contributed by atoms with Gasteiger partial charge >= 0.3 is 0 Å². The number of thiazole rings is 1. The van der Waals surface area contributed by atoms with Gasteiger partial charge < -0.3 is 10.5 Å². The lowest BCUT2D eigenvalue weighted by Gasteiger charge is -2.18. The Hall–Kier alpha value is -4.82. The Kier molecular flexibility index (Phi) is 6.66. The Morgan fingerprint density at radius 2 is 1.86 bits per heavy atom. The number of nitrogens with zero attached hydrogens (tertiary/aromatic N) is 6. The van der Waals surface area contributed by atoms with E-state index >= 15 is 0 Å². The van der Waals surface area contributed by atoms with Gasteiger partial charge in [-0.1, -0.05) is 30.3 Å². The number of sulfonamides is 1. The average molecular weight is 603 g/mol. The minimum atomic E-state index is -3.63. The Labute approximate surface area is 244 Å². The predicted octanol–water partition coefficient (Wildman–Crippen LogP) is 4.11. The van der Waals surface area contributed by atoms with Crippen LogP contribution in [0.4, 0.5) is 11.5 Å². The second kappa shape index (κ2) is 10.2. The zero-order chi connectivity index (χ0) is 29.8. The van der Waals surface area contributed by atoms with Crippen molar-refractivity contribution in [2.24, 2.45) is 0 Å². The number of nitrogen functional groups attached to an aromatic ring is 1. The van der Waals surface area contributed by atoms with Crippen LogP contribution in [0.5, 0.6) is 5.88 Å². The SMILES string of the molecule is COc1ncc(-c2nn([C@@H](C)c3cc4scc(C)n4c(=O)c3-c3ccccc3)c3ncnc(N)c23)cc1NS(C)(=O)=O. The monoisotopic (exact) mass is 602 g/mol. The molecule has 3 N–H and O–H groups in total. The van der Waals surface area contributed by atoms with Crippen molar-refractivity contribution < 1.29 is 13.2 Å². The van der Waals surface area contributed by atoms with Crippen LogP contribution in [0.2, 0.25) is 0 Å². The highest BCUT2D eigenvalue weighted by Crippen LogP contribution is 2.37. The summed E-state index contributed by atoms with van der Waals surface area (Å²) in [5.74, 6) is 0.285. The number of aromatic nitrogens is 6. The number of aryl methyl sites for hydroxylation is 1. The molecule has 5 heterocycles. The molecule has 12 nitrogen and oxygen atoms in total. The maximum atomic E-state index is 13.9. The summed E-state index contributed by atoms with van der Waals surface area (Å²) in [6.45, 7) is 3.85.